The summed E-state index contributed by atoms with van der Waals surface area (Å²) in [7, 11) is -1.79. The Morgan fingerprint density at radius 3 is 2.59 bits per heavy atom. The van der Waals surface area contributed by atoms with Crippen LogP contribution in [0.3, 0.4) is 0 Å². The largest absolute Gasteiger partial charge is 0.475 e. The Morgan fingerprint density at radius 1 is 1.30 bits per heavy atom. The minimum absolute atomic E-state index is 0.122. The van der Waals surface area contributed by atoms with Gasteiger partial charge in [-0.3, -0.25) is 9.69 Å². The summed E-state index contributed by atoms with van der Waals surface area (Å²) in [4.78, 5) is 28.5. The van der Waals surface area contributed by atoms with Crippen LogP contribution in [-0.2, 0) is 16.0 Å². The molecule has 0 aromatic heterocycles. The van der Waals surface area contributed by atoms with Gasteiger partial charge in [-0.15, -0.1) is 0 Å². The number of likely N-dealkylation sites (tertiary alicyclic amines) is 2. The number of benzene rings is 1. The van der Waals surface area contributed by atoms with Crippen molar-refractivity contribution < 1.29 is 33.2 Å². The van der Waals surface area contributed by atoms with Crippen LogP contribution >= 0.6 is 0 Å². The van der Waals surface area contributed by atoms with Crippen LogP contribution in [0.15, 0.2) is 30.3 Å². The first-order valence-electron chi connectivity index (χ1n) is 12.6. The van der Waals surface area contributed by atoms with Crippen molar-refractivity contribution in [3.8, 4) is 6.07 Å². The molecule has 2 saturated heterocycles. The number of halogens is 2. The topological polar surface area (TPSA) is 126 Å². The summed E-state index contributed by atoms with van der Waals surface area (Å²) >= 11 is 0. The fourth-order valence-electron chi connectivity index (χ4n) is 4.83. The molecule has 0 radical (unpaired) electrons. The maximum atomic E-state index is 13.6. The Labute approximate surface area is 216 Å². The van der Waals surface area contributed by atoms with Gasteiger partial charge in [0, 0.05) is 31.5 Å². The summed E-state index contributed by atoms with van der Waals surface area (Å²) in [6.45, 7) is 4.08. The van der Waals surface area contributed by atoms with Gasteiger partial charge < -0.3 is 25.0 Å². The number of nitriles is 1. The lowest BCUT2D eigenvalue weighted by atomic mass is 9.76. The number of hydrogen-bond donors (Lipinski definition) is 3. The van der Waals surface area contributed by atoms with Gasteiger partial charge in [0.25, 0.3) is 5.92 Å². The SMILES string of the molecule is CC(C)(CCC(C#N)C(=O)N1CC[C@H](OC(=O)N[C@@H](Cc2ccccc2)B(O)O)C1)N1CCC(F)(F)C1. The Morgan fingerprint density at radius 2 is 2.00 bits per heavy atom. The molecule has 12 heteroatoms. The lowest BCUT2D eigenvalue weighted by Crippen LogP contribution is -2.49. The highest BCUT2D eigenvalue weighted by molar-refractivity contribution is 6.43. The standard InChI is InChI=1S/C25H35BF2N4O5/c1-24(2,32-13-11-25(27,28)17-32)10-8-19(15-29)22(33)31-12-9-20(16-31)37-23(34)30-21(26(35)36)14-18-6-4-3-5-7-18/h3-7,19-21,35-36H,8-14,16-17H2,1-2H3,(H,30,34)/t19?,20-,21-/m0/s1. The number of amides is 2. The van der Waals surface area contributed by atoms with Crippen LogP contribution < -0.4 is 5.32 Å². The molecule has 0 aliphatic carbocycles. The molecular weight excluding hydrogens is 485 g/mol. The summed E-state index contributed by atoms with van der Waals surface area (Å²) in [6.07, 6.45) is -0.384. The molecule has 1 unspecified atom stereocenters. The maximum Gasteiger partial charge on any atom is 0.475 e. The van der Waals surface area contributed by atoms with Crippen molar-refractivity contribution in [2.75, 3.05) is 26.2 Å². The van der Waals surface area contributed by atoms with Gasteiger partial charge in [-0.05, 0) is 38.7 Å². The number of nitrogens with one attached hydrogen (secondary N) is 1. The molecule has 2 fully saturated rings. The lowest BCUT2D eigenvalue weighted by molar-refractivity contribution is -0.133. The van der Waals surface area contributed by atoms with E-state index in [1.807, 2.05) is 26.0 Å². The molecule has 0 spiro atoms. The molecule has 3 N–H and O–H groups in total. The zero-order chi connectivity index (χ0) is 27.2. The second-order valence-corrected chi connectivity index (χ2v) is 10.5. The first-order valence-corrected chi connectivity index (χ1v) is 12.6. The number of rotatable bonds is 10. The monoisotopic (exact) mass is 520 g/mol. The fraction of sp³-hybridized carbons (Fsp3) is 0.640. The Hall–Kier alpha value is -2.75. The molecule has 2 heterocycles. The van der Waals surface area contributed by atoms with E-state index in [2.05, 4.69) is 5.32 Å². The van der Waals surface area contributed by atoms with Gasteiger partial charge in [-0.25, -0.2) is 13.6 Å². The van der Waals surface area contributed by atoms with E-state index in [1.54, 1.807) is 29.2 Å². The van der Waals surface area contributed by atoms with E-state index in [9.17, 15) is 33.7 Å². The minimum Gasteiger partial charge on any atom is -0.444 e. The summed E-state index contributed by atoms with van der Waals surface area (Å²) in [6, 6.07) is 11.1. The Kier molecular flexibility index (Phi) is 9.50. The minimum atomic E-state index is -2.71. The highest BCUT2D eigenvalue weighted by Crippen LogP contribution is 2.34. The highest BCUT2D eigenvalue weighted by Gasteiger charge is 2.44. The first-order chi connectivity index (χ1) is 17.4. The average Bonchev–Trinajstić information content (AvgIpc) is 3.45. The predicted octanol–water partition coefficient (Wildman–Crippen LogP) is 1.98. The molecule has 9 nitrogen and oxygen atoms in total. The van der Waals surface area contributed by atoms with Crippen LogP contribution in [0, 0.1) is 17.2 Å². The van der Waals surface area contributed by atoms with Crippen molar-refractivity contribution in [2.24, 2.45) is 5.92 Å². The van der Waals surface area contributed by atoms with Gasteiger partial charge in [0.05, 0.1) is 25.1 Å². The van der Waals surface area contributed by atoms with Crippen LogP contribution in [0.1, 0.15) is 45.1 Å². The number of hydrogen-bond acceptors (Lipinski definition) is 7. The van der Waals surface area contributed by atoms with E-state index in [4.69, 9.17) is 4.74 Å². The molecular formula is C25H35BF2N4O5. The van der Waals surface area contributed by atoms with Gasteiger partial charge in [0.1, 0.15) is 12.0 Å². The van der Waals surface area contributed by atoms with Crippen molar-refractivity contribution in [3.63, 3.8) is 0 Å². The molecule has 3 atom stereocenters. The van der Waals surface area contributed by atoms with Crippen LogP contribution in [0.25, 0.3) is 0 Å². The first kappa shape index (κ1) is 28.8. The third kappa shape index (κ3) is 8.12. The lowest BCUT2D eigenvalue weighted by Gasteiger charge is -2.36. The molecule has 1 aromatic carbocycles. The Balaban J connectivity index is 1.47. The molecule has 37 heavy (non-hydrogen) atoms. The third-order valence-electron chi connectivity index (χ3n) is 7.22. The second-order valence-electron chi connectivity index (χ2n) is 10.5. The van der Waals surface area contributed by atoms with Crippen LogP contribution in [0.5, 0.6) is 0 Å². The normalized spacial score (nSPS) is 21.2. The zero-order valence-corrected chi connectivity index (χ0v) is 21.3. The van der Waals surface area contributed by atoms with Gasteiger partial charge in [-0.1, -0.05) is 30.3 Å². The van der Waals surface area contributed by atoms with E-state index in [0.717, 1.165) is 5.56 Å². The van der Waals surface area contributed by atoms with E-state index in [-0.39, 0.29) is 44.8 Å². The molecule has 2 aliphatic heterocycles. The molecule has 2 aliphatic rings. The second kappa shape index (κ2) is 12.2. The summed E-state index contributed by atoms with van der Waals surface area (Å²) in [5, 5.41) is 31.4. The van der Waals surface area contributed by atoms with Gasteiger partial charge in [0.15, 0.2) is 0 Å². The van der Waals surface area contributed by atoms with Crippen molar-refractivity contribution in [3.05, 3.63) is 35.9 Å². The molecule has 202 valence electrons. The number of alkyl carbamates (subject to hydrolysis) is 1. The van der Waals surface area contributed by atoms with Crippen molar-refractivity contribution in [2.45, 2.75) is 69.5 Å². The average molecular weight is 520 g/mol. The van der Waals surface area contributed by atoms with Gasteiger partial charge >= 0.3 is 13.2 Å². The van der Waals surface area contributed by atoms with Crippen molar-refractivity contribution in [1.29, 1.82) is 5.26 Å². The molecule has 3 rings (SSSR count). The summed E-state index contributed by atoms with van der Waals surface area (Å²) in [5.41, 5.74) is 0.236. The highest BCUT2D eigenvalue weighted by atomic mass is 19.3. The van der Waals surface area contributed by atoms with E-state index in [0.29, 0.717) is 19.4 Å². The number of ether oxygens (including phenoxy) is 1. The summed E-state index contributed by atoms with van der Waals surface area (Å²) < 4.78 is 32.7. The molecule has 1 aromatic rings. The quantitative estimate of drug-likeness (QED) is 0.403. The zero-order valence-electron chi connectivity index (χ0n) is 21.3. The predicted molar refractivity (Wildman–Crippen MR) is 132 cm³/mol. The molecule has 2 amide bonds. The van der Waals surface area contributed by atoms with Crippen molar-refractivity contribution in [1.82, 2.24) is 15.1 Å². The number of carbonyl (C=O) groups is 2. The van der Waals surface area contributed by atoms with Crippen molar-refractivity contribution >= 4 is 19.1 Å². The van der Waals surface area contributed by atoms with E-state index in [1.165, 1.54) is 4.90 Å². The fourth-order valence-corrected chi connectivity index (χ4v) is 4.83. The number of nitrogens with zero attached hydrogens (tertiary/aromatic N) is 3. The molecule has 0 bridgehead atoms. The van der Waals surface area contributed by atoms with Crippen LogP contribution in [-0.4, -0.2) is 88.7 Å². The Bertz CT molecular complexity index is 976. The molecule has 0 saturated carbocycles. The van der Waals surface area contributed by atoms with Crippen LogP contribution in [0.4, 0.5) is 13.6 Å². The maximum absolute atomic E-state index is 13.6. The number of alkyl halides is 2. The van der Waals surface area contributed by atoms with E-state index < -0.39 is 42.6 Å². The van der Waals surface area contributed by atoms with E-state index >= 15 is 0 Å². The smallest absolute Gasteiger partial charge is 0.444 e. The van der Waals surface area contributed by atoms with Gasteiger partial charge in [-0.2, -0.15) is 5.26 Å². The summed E-state index contributed by atoms with van der Waals surface area (Å²) in [5.74, 6) is -4.98. The van der Waals surface area contributed by atoms with Gasteiger partial charge in [0.2, 0.25) is 5.91 Å². The third-order valence-corrected chi connectivity index (χ3v) is 7.22. The van der Waals surface area contributed by atoms with Crippen LogP contribution in [0.2, 0.25) is 0 Å². The number of carbonyl (C=O) groups excluding carboxylic acids is 2.